The summed E-state index contributed by atoms with van der Waals surface area (Å²) in [6, 6.07) is 16.6. The van der Waals surface area contributed by atoms with Gasteiger partial charge in [-0.1, -0.05) is 76.2 Å². The van der Waals surface area contributed by atoms with Crippen molar-refractivity contribution in [2.75, 3.05) is 0 Å². The van der Waals surface area contributed by atoms with E-state index in [-0.39, 0.29) is 0 Å². The van der Waals surface area contributed by atoms with Crippen LogP contribution in [0.15, 0.2) is 48.5 Å². The molecule has 0 radical (unpaired) electrons. The zero-order valence-corrected chi connectivity index (χ0v) is 13.4. The van der Waals surface area contributed by atoms with E-state index >= 15 is 0 Å². The van der Waals surface area contributed by atoms with Gasteiger partial charge < -0.3 is 11.5 Å². The fourth-order valence-corrected chi connectivity index (χ4v) is 2.48. The van der Waals surface area contributed by atoms with Gasteiger partial charge in [-0.2, -0.15) is 0 Å². The lowest BCUT2D eigenvalue weighted by Gasteiger charge is -2.27. The van der Waals surface area contributed by atoms with E-state index < -0.39 is 5.66 Å². The first-order chi connectivity index (χ1) is 9.82. The lowest BCUT2D eigenvalue weighted by molar-refractivity contribution is 0.565. The molecule has 2 heteroatoms. The Kier molecular flexibility index (Phi) is 4.50. The summed E-state index contributed by atoms with van der Waals surface area (Å²) in [6.45, 7) is 8.70. The fourth-order valence-electron chi connectivity index (χ4n) is 2.48. The van der Waals surface area contributed by atoms with Crippen molar-refractivity contribution in [3.8, 4) is 0 Å². The van der Waals surface area contributed by atoms with Crippen molar-refractivity contribution in [1.29, 1.82) is 0 Å². The molecule has 0 aliphatic heterocycles. The average molecular weight is 282 g/mol. The molecule has 112 valence electrons. The first kappa shape index (κ1) is 15.7. The molecule has 0 saturated carbocycles. The van der Waals surface area contributed by atoms with E-state index in [1.165, 1.54) is 11.1 Å². The summed E-state index contributed by atoms with van der Waals surface area (Å²) in [4.78, 5) is 0. The molecule has 2 nitrogen and oxygen atoms in total. The second kappa shape index (κ2) is 6.00. The van der Waals surface area contributed by atoms with Crippen molar-refractivity contribution in [1.82, 2.24) is 0 Å². The topological polar surface area (TPSA) is 52.0 Å². The summed E-state index contributed by atoms with van der Waals surface area (Å²) in [5, 5.41) is 0. The third-order valence-corrected chi connectivity index (χ3v) is 4.06. The second-order valence-electron chi connectivity index (χ2n) is 6.43. The van der Waals surface area contributed by atoms with Crippen molar-refractivity contribution < 1.29 is 0 Å². The minimum atomic E-state index is -0.963. The Morgan fingerprint density at radius 2 is 1.10 bits per heavy atom. The zero-order chi connectivity index (χ0) is 15.6. The SMILES string of the molecule is CC(C)c1cccc(C(N)(N)c2cccc(C(C)C)c2)c1. The van der Waals surface area contributed by atoms with E-state index in [1.807, 2.05) is 24.3 Å². The highest BCUT2D eigenvalue weighted by molar-refractivity contribution is 5.41. The normalized spacial score (nSPS) is 12.2. The minimum absolute atomic E-state index is 0.461. The van der Waals surface area contributed by atoms with Gasteiger partial charge in [-0.3, -0.25) is 0 Å². The number of benzene rings is 2. The smallest absolute Gasteiger partial charge is 0.116 e. The van der Waals surface area contributed by atoms with Crippen molar-refractivity contribution in [3.05, 3.63) is 70.8 Å². The Morgan fingerprint density at radius 1 is 0.714 bits per heavy atom. The summed E-state index contributed by atoms with van der Waals surface area (Å²) < 4.78 is 0. The van der Waals surface area contributed by atoms with Crippen LogP contribution in [0, 0.1) is 0 Å². The van der Waals surface area contributed by atoms with Gasteiger partial charge in [-0.25, -0.2) is 0 Å². The van der Waals surface area contributed by atoms with Crippen LogP contribution in [-0.4, -0.2) is 0 Å². The highest BCUT2D eigenvalue weighted by atomic mass is 15.0. The van der Waals surface area contributed by atoms with Crippen LogP contribution in [0.4, 0.5) is 0 Å². The maximum absolute atomic E-state index is 6.48. The molecule has 2 rings (SSSR count). The molecule has 0 saturated heterocycles. The number of nitrogens with two attached hydrogens (primary N) is 2. The second-order valence-corrected chi connectivity index (χ2v) is 6.43. The maximum Gasteiger partial charge on any atom is 0.116 e. The highest BCUT2D eigenvalue weighted by Crippen LogP contribution is 2.27. The van der Waals surface area contributed by atoms with Crippen LogP contribution < -0.4 is 11.5 Å². The third-order valence-electron chi connectivity index (χ3n) is 4.06. The van der Waals surface area contributed by atoms with E-state index in [0.29, 0.717) is 11.8 Å². The van der Waals surface area contributed by atoms with Gasteiger partial charge in [0, 0.05) is 0 Å². The van der Waals surface area contributed by atoms with Crippen molar-refractivity contribution >= 4 is 0 Å². The van der Waals surface area contributed by atoms with Crippen LogP contribution in [0.25, 0.3) is 0 Å². The van der Waals surface area contributed by atoms with Gasteiger partial charge in [0.2, 0.25) is 0 Å². The molecule has 21 heavy (non-hydrogen) atoms. The van der Waals surface area contributed by atoms with Crippen molar-refractivity contribution in [2.24, 2.45) is 11.5 Å². The molecular formula is C19H26N2. The Bertz CT molecular complexity index is 559. The molecule has 0 aliphatic rings. The van der Waals surface area contributed by atoms with Gasteiger partial charge in [0.15, 0.2) is 0 Å². The van der Waals surface area contributed by atoms with Gasteiger partial charge >= 0.3 is 0 Å². The predicted molar refractivity (Wildman–Crippen MR) is 90.2 cm³/mol. The predicted octanol–water partition coefficient (Wildman–Crippen LogP) is 4.05. The van der Waals surface area contributed by atoms with Crippen LogP contribution in [0.2, 0.25) is 0 Å². The Balaban J connectivity index is 2.46. The quantitative estimate of drug-likeness (QED) is 0.831. The Hall–Kier alpha value is -1.64. The van der Waals surface area contributed by atoms with Crippen molar-refractivity contribution in [2.45, 2.75) is 45.2 Å². The van der Waals surface area contributed by atoms with Crippen LogP contribution in [-0.2, 0) is 5.66 Å². The van der Waals surface area contributed by atoms with Crippen LogP contribution in [0.1, 0.15) is 61.8 Å². The van der Waals surface area contributed by atoms with Crippen LogP contribution >= 0.6 is 0 Å². The summed E-state index contributed by atoms with van der Waals surface area (Å²) in [7, 11) is 0. The van der Waals surface area contributed by atoms with Gasteiger partial charge in [0.1, 0.15) is 5.66 Å². The average Bonchev–Trinajstić information content (AvgIpc) is 2.47. The van der Waals surface area contributed by atoms with Crippen molar-refractivity contribution in [3.63, 3.8) is 0 Å². The first-order valence-electron chi connectivity index (χ1n) is 7.61. The molecule has 0 atom stereocenters. The molecule has 0 aromatic heterocycles. The molecule has 0 bridgehead atoms. The summed E-state index contributed by atoms with van der Waals surface area (Å²) in [5.74, 6) is 0.922. The lowest BCUT2D eigenvalue weighted by atomic mass is 9.88. The minimum Gasteiger partial charge on any atom is -0.306 e. The monoisotopic (exact) mass is 282 g/mol. The molecular weight excluding hydrogens is 256 g/mol. The number of rotatable bonds is 4. The summed E-state index contributed by atoms with van der Waals surface area (Å²) in [5.41, 5.74) is 16.4. The largest absolute Gasteiger partial charge is 0.306 e. The van der Waals surface area contributed by atoms with Crippen LogP contribution in [0.3, 0.4) is 0 Å². The third kappa shape index (κ3) is 3.34. The molecule has 2 aromatic carbocycles. The molecule has 4 N–H and O–H groups in total. The molecule has 0 amide bonds. The van der Waals surface area contributed by atoms with E-state index in [0.717, 1.165) is 11.1 Å². The van der Waals surface area contributed by atoms with Gasteiger partial charge in [0.25, 0.3) is 0 Å². The number of hydrogen-bond acceptors (Lipinski definition) is 2. The fraction of sp³-hybridized carbons (Fsp3) is 0.368. The highest BCUT2D eigenvalue weighted by Gasteiger charge is 2.25. The van der Waals surface area contributed by atoms with Gasteiger partial charge in [0.05, 0.1) is 0 Å². The molecule has 0 spiro atoms. The van der Waals surface area contributed by atoms with E-state index in [9.17, 15) is 0 Å². The molecule has 2 aromatic rings. The van der Waals surface area contributed by atoms with E-state index in [1.54, 1.807) is 0 Å². The van der Waals surface area contributed by atoms with Gasteiger partial charge in [-0.15, -0.1) is 0 Å². The number of hydrogen-bond donors (Lipinski definition) is 2. The standard InChI is InChI=1S/C19H26N2/c1-13(2)15-7-5-9-17(11-15)19(20,21)18-10-6-8-16(12-18)14(3)4/h5-14H,20-21H2,1-4H3. The lowest BCUT2D eigenvalue weighted by Crippen LogP contribution is -2.47. The first-order valence-corrected chi connectivity index (χ1v) is 7.61. The van der Waals surface area contributed by atoms with Gasteiger partial charge in [-0.05, 0) is 34.1 Å². The Labute approximate surface area is 128 Å². The molecule has 0 heterocycles. The maximum atomic E-state index is 6.48. The zero-order valence-electron chi connectivity index (χ0n) is 13.4. The van der Waals surface area contributed by atoms with Crippen LogP contribution in [0.5, 0.6) is 0 Å². The summed E-state index contributed by atoms with van der Waals surface area (Å²) in [6.07, 6.45) is 0. The molecule has 0 unspecified atom stereocenters. The molecule has 0 aliphatic carbocycles. The van der Waals surface area contributed by atoms with E-state index in [4.69, 9.17) is 11.5 Å². The van der Waals surface area contributed by atoms with E-state index in [2.05, 4.69) is 52.0 Å². The summed E-state index contributed by atoms with van der Waals surface area (Å²) >= 11 is 0. The molecule has 0 fully saturated rings. The Morgan fingerprint density at radius 3 is 1.43 bits per heavy atom.